The second-order valence-corrected chi connectivity index (χ2v) is 9.66. The Labute approximate surface area is 195 Å². The molecule has 0 N–H and O–H groups in total. The Morgan fingerprint density at radius 3 is 1.72 bits per heavy atom. The van der Waals surface area contributed by atoms with Crippen molar-refractivity contribution >= 4 is 0 Å². The zero-order valence-corrected chi connectivity index (χ0v) is 20.9. The molecule has 0 fully saturated rings. The Morgan fingerprint density at radius 2 is 1.16 bits per heavy atom. The largest absolute Gasteiger partial charge is 0.378 e. The van der Waals surface area contributed by atoms with Gasteiger partial charge in [-0.15, -0.1) is 0 Å². The van der Waals surface area contributed by atoms with Gasteiger partial charge in [-0.25, -0.2) is 0 Å². The molecule has 0 radical (unpaired) electrons. The molecule has 0 atom stereocenters. The van der Waals surface area contributed by atoms with Crippen molar-refractivity contribution in [1.82, 2.24) is 0 Å². The molecule has 2 rings (SSSR count). The van der Waals surface area contributed by atoms with Gasteiger partial charge in [0, 0.05) is 5.41 Å². The third kappa shape index (κ3) is 9.03. The summed E-state index contributed by atoms with van der Waals surface area (Å²) in [5.74, 6) is 0.538. The number of ether oxygens (including phenoxy) is 4. The Kier molecular flexibility index (Phi) is 10.9. The van der Waals surface area contributed by atoms with Gasteiger partial charge in [-0.05, 0) is 36.5 Å². The first-order valence-electron chi connectivity index (χ1n) is 11.8. The van der Waals surface area contributed by atoms with E-state index in [4.69, 9.17) is 18.9 Å². The highest BCUT2D eigenvalue weighted by Crippen LogP contribution is 2.26. The van der Waals surface area contributed by atoms with Gasteiger partial charge in [0.1, 0.15) is 0 Å². The summed E-state index contributed by atoms with van der Waals surface area (Å²) in [6, 6.07) is 19.1. The van der Waals surface area contributed by atoms with Crippen molar-refractivity contribution in [3.8, 4) is 0 Å². The minimum absolute atomic E-state index is 0.00534. The molecule has 0 spiro atoms. The van der Waals surface area contributed by atoms with Gasteiger partial charge in [-0.1, -0.05) is 82.3 Å². The first-order valence-corrected chi connectivity index (χ1v) is 11.8. The van der Waals surface area contributed by atoms with Crippen molar-refractivity contribution in [2.75, 3.05) is 46.2 Å². The molecule has 0 unspecified atom stereocenters. The highest BCUT2D eigenvalue weighted by atomic mass is 16.6. The van der Waals surface area contributed by atoms with Crippen molar-refractivity contribution in [3.05, 3.63) is 71.3 Å². The summed E-state index contributed by atoms with van der Waals surface area (Å²) in [7, 11) is 0. The minimum atomic E-state index is -0.333. The molecule has 0 bridgehead atoms. The van der Waals surface area contributed by atoms with E-state index in [2.05, 4.69) is 90.1 Å². The van der Waals surface area contributed by atoms with Crippen LogP contribution in [0, 0.1) is 0 Å². The van der Waals surface area contributed by atoms with Crippen LogP contribution >= 0.6 is 0 Å². The maximum absolute atomic E-state index is 6.06. The molecule has 4 heteroatoms. The average Bonchev–Trinajstić information content (AvgIpc) is 2.78. The maximum Gasteiger partial charge on any atom is 0.0876 e. The van der Waals surface area contributed by atoms with E-state index in [-0.39, 0.29) is 11.0 Å². The van der Waals surface area contributed by atoms with E-state index in [1.807, 2.05) is 6.07 Å². The Bertz CT molecular complexity index is 751. The van der Waals surface area contributed by atoms with Gasteiger partial charge in [-0.2, -0.15) is 0 Å². The molecule has 178 valence electrons. The van der Waals surface area contributed by atoms with Crippen LogP contribution in [0.25, 0.3) is 0 Å². The van der Waals surface area contributed by atoms with Gasteiger partial charge in [0.05, 0.1) is 51.8 Å². The molecule has 0 heterocycles. The second kappa shape index (κ2) is 13.1. The lowest BCUT2D eigenvalue weighted by Gasteiger charge is -2.26. The molecular formula is C28H42O4. The summed E-state index contributed by atoms with van der Waals surface area (Å²) in [6.07, 6.45) is 0. The SMILES string of the molecule is CC(C)c1ccc(C(C)(C)OCCOCCOCCOCC(C)(C)c2ccccc2)cc1. The number of hydrogen-bond acceptors (Lipinski definition) is 4. The Hall–Kier alpha value is -1.72. The fourth-order valence-electron chi connectivity index (χ4n) is 3.45. The van der Waals surface area contributed by atoms with Crippen LogP contribution in [0.15, 0.2) is 54.6 Å². The van der Waals surface area contributed by atoms with Crippen LogP contribution in [0.1, 0.15) is 64.2 Å². The van der Waals surface area contributed by atoms with Gasteiger partial charge in [-0.3, -0.25) is 0 Å². The number of hydrogen-bond donors (Lipinski definition) is 0. The quantitative estimate of drug-likeness (QED) is 0.313. The van der Waals surface area contributed by atoms with Crippen molar-refractivity contribution < 1.29 is 18.9 Å². The van der Waals surface area contributed by atoms with E-state index < -0.39 is 0 Å². The zero-order chi connectivity index (χ0) is 23.5. The summed E-state index contributed by atoms with van der Waals surface area (Å²) < 4.78 is 23.1. The van der Waals surface area contributed by atoms with Crippen molar-refractivity contribution in [2.24, 2.45) is 0 Å². The molecule has 4 nitrogen and oxygen atoms in total. The van der Waals surface area contributed by atoms with Gasteiger partial charge in [0.15, 0.2) is 0 Å². The van der Waals surface area contributed by atoms with Crippen molar-refractivity contribution in [3.63, 3.8) is 0 Å². The smallest absolute Gasteiger partial charge is 0.0876 e. The van der Waals surface area contributed by atoms with Crippen LogP contribution < -0.4 is 0 Å². The Morgan fingerprint density at radius 1 is 0.625 bits per heavy atom. The van der Waals surface area contributed by atoms with Crippen LogP contribution in [0.2, 0.25) is 0 Å². The van der Waals surface area contributed by atoms with E-state index in [0.29, 0.717) is 52.2 Å². The fourth-order valence-corrected chi connectivity index (χ4v) is 3.45. The van der Waals surface area contributed by atoms with Crippen LogP contribution in [-0.2, 0) is 30.0 Å². The van der Waals surface area contributed by atoms with E-state index in [1.54, 1.807) is 0 Å². The predicted octanol–water partition coefficient (Wildman–Crippen LogP) is 6.09. The first-order chi connectivity index (χ1) is 15.2. The van der Waals surface area contributed by atoms with Gasteiger partial charge >= 0.3 is 0 Å². The van der Waals surface area contributed by atoms with Crippen molar-refractivity contribution in [1.29, 1.82) is 0 Å². The van der Waals surface area contributed by atoms with Crippen LogP contribution in [0.5, 0.6) is 0 Å². The average molecular weight is 443 g/mol. The molecule has 0 aliphatic heterocycles. The summed E-state index contributed by atoms with van der Waals surface area (Å²) in [5, 5.41) is 0. The van der Waals surface area contributed by atoms with Crippen LogP contribution in [0.4, 0.5) is 0 Å². The lowest BCUT2D eigenvalue weighted by atomic mass is 9.86. The topological polar surface area (TPSA) is 36.9 Å². The van der Waals surface area contributed by atoms with Crippen LogP contribution in [0.3, 0.4) is 0 Å². The summed E-state index contributed by atoms with van der Waals surface area (Å²) in [5.41, 5.74) is 3.47. The summed E-state index contributed by atoms with van der Waals surface area (Å²) in [6.45, 7) is 17.1. The highest BCUT2D eigenvalue weighted by Gasteiger charge is 2.21. The third-order valence-corrected chi connectivity index (χ3v) is 5.73. The van der Waals surface area contributed by atoms with Crippen LogP contribution in [-0.4, -0.2) is 46.2 Å². The maximum atomic E-state index is 6.06. The lowest BCUT2D eigenvalue weighted by molar-refractivity contribution is -0.0575. The van der Waals surface area contributed by atoms with E-state index >= 15 is 0 Å². The third-order valence-electron chi connectivity index (χ3n) is 5.73. The molecule has 2 aromatic carbocycles. The number of benzene rings is 2. The molecule has 0 aliphatic carbocycles. The zero-order valence-electron chi connectivity index (χ0n) is 20.9. The van der Waals surface area contributed by atoms with E-state index in [9.17, 15) is 0 Å². The van der Waals surface area contributed by atoms with Gasteiger partial charge < -0.3 is 18.9 Å². The molecule has 0 aromatic heterocycles. The molecule has 0 amide bonds. The highest BCUT2D eigenvalue weighted by molar-refractivity contribution is 5.28. The summed E-state index contributed by atoms with van der Waals surface area (Å²) in [4.78, 5) is 0. The molecule has 32 heavy (non-hydrogen) atoms. The molecule has 0 aliphatic rings. The monoisotopic (exact) mass is 442 g/mol. The van der Waals surface area contributed by atoms with E-state index in [1.165, 1.54) is 16.7 Å². The van der Waals surface area contributed by atoms with Crippen molar-refractivity contribution in [2.45, 2.75) is 58.5 Å². The minimum Gasteiger partial charge on any atom is -0.378 e. The number of rotatable bonds is 15. The molecular weight excluding hydrogens is 400 g/mol. The normalized spacial score (nSPS) is 12.5. The fraction of sp³-hybridized carbons (Fsp3) is 0.571. The lowest BCUT2D eigenvalue weighted by Crippen LogP contribution is -2.25. The standard InChI is InChI=1S/C28H42O4/c1-23(2)24-12-14-26(15-13-24)28(5,6)32-21-20-30-17-16-29-18-19-31-22-27(3,4)25-10-8-7-9-11-25/h7-15,23H,16-22H2,1-6H3. The Balaban J connectivity index is 1.50. The molecule has 0 saturated heterocycles. The van der Waals surface area contributed by atoms with Gasteiger partial charge in [0.25, 0.3) is 0 Å². The van der Waals surface area contributed by atoms with E-state index in [0.717, 1.165) is 0 Å². The molecule has 0 saturated carbocycles. The molecule has 2 aromatic rings. The first kappa shape index (κ1) is 26.5. The summed E-state index contributed by atoms with van der Waals surface area (Å²) >= 11 is 0. The predicted molar refractivity (Wildman–Crippen MR) is 131 cm³/mol. The second-order valence-electron chi connectivity index (χ2n) is 9.66. The van der Waals surface area contributed by atoms with Gasteiger partial charge in [0.2, 0.25) is 0 Å².